The summed E-state index contributed by atoms with van der Waals surface area (Å²) in [5.41, 5.74) is 5.53. The lowest BCUT2D eigenvalue weighted by Gasteiger charge is -2.31. The Morgan fingerprint density at radius 2 is 1.67 bits per heavy atom. The number of nitrogens with one attached hydrogen (secondary N) is 1. The highest BCUT2D eigenvalue weighted by molar-refractivity contribution is 5.79. The van der Waals surface area contributed by atoms with Crippen molar-refractivity contribution in [1.29, 1.82) is 0 Å². The summed E-state index contributed by atoms with van der Waals surface area (Å²) >= 11 is 0. The van der Waals surface area contributed by atoms with E-state index in [0.29, 0.717) is 18.3 Å². The molecule has 3 aromatic carbocycles. The number of amides is 1. The van der Waals surface area contributed by atoms with Crippen LogP contribution in [-0.2, 0) is 11.3 Å². The highest BCUT2D eigenvalue weighted by Crippen LogP contribution is 2.26. The van der Waals surface area contributed by atoms with Gasteiger partial charge in [0.15, 0.2) is 0 Å². The van der Waals surface area contributed by atoms with Crippen LogP contribution in [0.5, 0.6) is 0 Å². The number of benzene rings is 3. The van der Waals surface area contributed by atoms with E-state index in [-0.39, 0.29) is 17.9 Å². The molecule has 0 aliphatic carbocycles. The van der Waals surface area contributed by atoms with Crippen molar-refractivity contribution in [3.8, 4) is 11.4 Å². The second-order valence-electron chi connectivity index (χ2n) is 9.69. The van der Waals surface area contributed by atoms with Gasteiger partial charge >= 0.3 is 0 Å². The van der Waals surface area contributed by atoms with Crippen LogP contribution in [0, 0.1) is 19.8 Å². The molecule has 1 aliphatic rings. The molecule has 0 radical (unpaired) electrons. The van der Waals surface area contributed by atoms with Crippen LogP contribution in [0.1, 0.15) is 47.0 Å². The third kappa shape index (κ3) is 5.71. The Morgan fingerprint density at radius 3 is 2.39 bits per heavy atom. The number of hydrogen-bond acceptors (Lipinski definition) is 5. The molecule has 0 spiro atoms. The van der Waals surface area contributed by atoms with Gasteiger partial charge in [0.25, 0.3) is 0 Å². The lowest BCUT2D eigenvalue weighted by molar-refractivity contribution is -0.127. The van der Waals surface area contributed by atoms with E-state index in [4.69, 9.17) is 4.52 Å². The lowest BCUT2D eigenvalue weighted by atomic mass is 9.93. The Morgan fingerprint density at radius 1 is 0.944 bits per heavy atom. The molecule has 1 N–H and O–H groups in total. The van der Waals surface area contributed by atoms with Crippen LogP contribution < -0.4 is 5.32 Å². The third-order valence-corrected chi connectivity index (χ3v) is 6.89. The Hall–Kier alpha value is -3.77. The smallest absolute Gasteiger partial charge is 0.241 e. The van der Waals surface area contributed by atoms with Gasteiger partial charge in [0, 0.05) is 11.5 Å². The topological polar surface area (TPSA) is 71.3 Å². The standard InChI is InChI=1S/C30H32N4O2/c1-21-11-13-24(14-12-21)29-31-27(36-33-29)20-34-17-15-25(16-18-34)30(35)32-28(23-8-4-3-5-9-23)26-10-6-7-22(2)19-26/h3-14,19,25,28H,15-18,20H2,1-2H3,(H,32,35). The Kier molecular flexibility index (Phi) is 7.23. The van der Waals surface area contributed by atoms with Crippen LogP contribution in [0.4, 0.5) is 0 Å². The fourth-order valence-corrected chi connectivity index (χ4v) is 4.80. The predicted molar refractivity (Wildman–Crippen MR) is 140 cm³/mol. The number of likely N-dealkylation sites (tertiary alicyclic amines) is 1. The summed E-state index contributed by atoms with van der Waals surface area (Å²) in [6, 6.07) is 26.5. The van der Waals surface area contributed by atoms with Crippen LogP contribution >= 0.6 is 0 Å². The highest BCUT2D eigenvalue weighted by atomic mass is 16.5. The average molecular weight is 481 g/mol. The summed E-state index contributed by atoms with van der Waals surface area (Å²) < 4.78 is 5.50. The number of hydrogen-bond donors (Lipinski definition) is 1. The normalized spacial score (nSPS) is 15.5. The van der Waals surface area contributed by atoms with Gasteiger partial charge in [-0.1, -0.05) is 95.1 Å². The molecule has 0 saturated carbocycles. The van der Waals surface area contributed by atoms with E-state index < -0.39 is 0 Å². The van der Waals surface area contributed by atoms with Crippen molar-refractivity contribution in [2.24, 2.45) is 5.92 Å². The maximum Gasteiger partial charge on any atom is 0.241 e. The number of piperidine rings is 1. The third-order valence-electron chi connectivity index (χ3n) is 6.89. The van der Waals surface area contributed by atoms with Gasteiger partial charge in [-0.05, 0) is 50.9 Å². The van der Waals surface area contributed by atoms with Crippen molar-refractivity contribution < 1.29 is 9.32 Å². The molecule has 0 bridgehead atoms. The van der Waals surface area contributed by atoms with E-state index in [1.54, 1.807) is 0 Å². The summed E-state index contributed by atoms with van der Waals surface area (Å²) in [5.74, 6) is 1.33. The van der Waals surface area contributed by atoms with Crippen molar-refractivity contribution in [1.82, 2.24) is 20.4 Å². The van der Waals surface area contributed by atoms with Crippen LogP contribution in [0.3, 0.4) is 0 Å². The molecule has 2 heterocycles. The fourth-order valence-electron chi connectivity index (χ4n) is 4.80. The minimum Gasteiger partial charge on any atom is -0.345 e. The molecule has 1 unspecified atom stereocenters. The Balaban J connectivity index is 1.19. The first-order valence-electron chi connectivity index (χ1n) is 12.6. The molecular formula is C30H32N4O2. The summed E-state index contributed by atoms with van der Waals surface area (Å²) in [4.78, 5) is 20.2. The highest BCUT2D eigenvalue weighted by Gasteiger charge is 2.28. The molecule has 1 aromatic heterocycles. The average Bonchev–Trinajstić information content (AvgIpc) is 3.37. The molecular weight excluding hydrogens is 448 g/mol. The molecule has 1 fully saturated rings. The van der Waals surface area contributed by atoms with E-state index in [1.807, 2.05) is 48.5 Å². The first kappa shape index (κ1) is 23.9. The molecule has 1 atom stereocenters. The second kappa shape index (κ2) is 10.9. The number of aryl methyl sites for hydroxylation is 2. The van der Waals surface area contributed by atoms with Gasteiger partial charge < -0.3 is 9.84 Å². The van der Waals surface area contributed by atoms with E-state index in [2.05, 4.69) is 64.5 Å². The molecule has 4 aromatic rings. The summed E-state index contributed by atoms with van der Waals surface area (Å²) in [6.07, 6.45) is 1.61. The van der Waals surface area contributed by atoms with Crippen molar-refractivity contribution in [3.05, 3.63) is 107 Å². The zero-order chi connectivity index (χ0) is 24.9. The lowest BCUT2D eigenvalue weighted by Crippen LogP contribution is -2.41. The summed E-state index contributed by atoms with van der Waals surface area (Å²) in [6.45, 7) is 6.38. The van der Waals surface area contributed by atoms with Gasteiger partial charge in [-0.15, -0.1) is 0 Å². The van der Waals surface area contributed by atoms with E-state index in [9.17, 15) is 4.79 Å². The number of carbonyl (C=O) groups is 1. The molecule has 6 heteroatoms. The van der Waals surface area contributed by atoms with Gasteiger partial charge in [0.05, 0.1) is 12.6 Å². The van der Waals surface area contributed by atoms with Gasteiger partial charge in [-0.25, -0.2) is 0 Å². The molecule has 5 rings (SSSR count). The molecule has 36 heavy (non-hydrogen) atoms. The zero-order valence-electron chi connectivity index (χ0n) is 20.9. The van der Waals surface area contributed by atoms with Crippen molar-refractivity contribution in [3.63, 3.8) is 0 Å². The maximum absolute atomic E-state index is 13.3. The molecule has 1 saturated heterocycles. The predicted octanol–water partition coefficient (Wildman–Crippen LogP) is 5.47. The fraction of sp³-hybridized carbons (Fsp3) is 0.300. The van der Waals surface area contributed by atoms with Crippen molar-refractivity contribution >= 4 is 5.91 Å². The quantitative estimate of drug-likeness (QED) is 0.380. The molecule has 1 aliphatic heterocycles. The van der Waals surface area contributed by atoms with Crippen molar-refractivity contribution in [2.75, 3.05) is 13.1 Å². The van der Waals surface area contributed by atoms with Crippen LogP contribution in [0.25, 0.3) is 11.4 Å². The first-order valence-corrected chi connectivity index (χ1v) is 12.6. The number of nitrogens with zero attached hydrogens (tertiary/aromatic N) is 3. The first-order chi connectivity index (χ1) is 17.5. The number of carbonyl (C=O) groups excluding carboxylic acids is 1. The van der Waals surface area contributed by atoms with Crippen LogP contribution in [-0.4, -0.2) is 34.0 Å². The summed E-state index contributed by atoms with van der Waals surface area (Å²) in [5, 5.41) is 7.48. The SMILES string of the molecule is Cc1ccc(-c2noc(CN3CCC(C(=O)NC(c4ccccc4)c4cccc(C)c4)CC3)n2)cc1. The van der Waals surface area contributed by atoms with E-state index in [1.165, 1.54) is 11.1 Å². The number of rotatable bonds is 7. The van der Waals surface area contributed by atoms with E-state index >= 15 is 0 Å². The van der Waals surface area contributed by atoms with Gasteiger partial charge in [0.2, 0.25) is 17.6 Å². The van der Waals surface area contributed by atoms with Crippen molar-refractivity contribution in [2.45, 2.75) is 39.3 Å². The van der Waals surface area contributed by atoms with E-state index in [0.717, 1.165) is 42.6 Å². The van der Waals surface area contributed by atoms with Gasteiger partial charge in [0.1, 0.15) is 0 Å². The second-order valence-corrected chi connectivity index (χ2v) is 9.69. The molecule has 184 valence electrons. The zero-order valence-corrected chi connectivity index (χ0v) is 20.9. The molecule has 6 nitrogen and oxygen atoms in total. The monoisotopic (exact) mass is 480 g/mol. The largest absolute Gasteiger partial charge is 0.345 e. The number of aromatic nitrogens is 2. The van der Waals surface area contributed by atoms with Crippen LogP contribution in [0.15, 0.2) is 83.4 Å². The Labute approximate surface area is 212 Å². The van der Waals surface area contributed by atoms with Crippen LogP contribution in [0.2, 0.25) is 0 Å². The maximum atomic E-state index is 13.3. The van der Waals surface area contributed by atoms with Gasteiger partial charge in [-0.3, -0.25) is 9.69 Å². The Bertz CT molecular complexity index is 1290. The minimum absolute atomic E-state index is 0.0110. The molecule has 1 amide bonds. The summed E-state index contributed by atoms with van der Waals surface area (Å²) in [7, 11) is 0. The minimum atomic E-state index is -0.157. The van der Waals surface area contributed by atoms with Gasteiger partial charge in [-0.2, -0.15) is 4.98 Å².